The number of fused-ring (bicyclic) bond motifs is 1. The molecule has 0 unspecified atom stereocenters. The average molecular weight is 220 g/mol. The van der Waals surface area contributed by atoms with Crippen molar-refractivity contribution in [2.24, 2.45) is 10.8 Å². The van der Waals surface area contributed by atoms with E-state index < -0.39 is 0 Å². The van der Waals surface area contributed by atoms with Gasteiger partial charge in [0.05, 0.1) is 6.21 Å². The highest BCUT2D eigenvalue weighted by Gasteiger charge is 2.01. The maximum atomic E-state index is 5.22. The fourth-order valence-corrected chi connectivity index (χ4v) is 1.19. The summed E-state index contributed by atoms with van der Waals surface area (Å²) in [6, 6.07) is 0. The molecule has 0 aromatic carbocycles. The van der Waals surface area contributed by atoms with E-state index >= 15 is 0 Å². The van der Waals surface area contributed by atoms with E-state index in [2.05, 4.69) is 37.7 Å². The van der Waals surface area contributed by atoms with Gasteiger partial charge in [0, 0.05) is 24.2 Å². The van der Waals surface area contributed by atoms with Gasteiger partial charge in [0.2, 0.25) is 0 Å². The van der Waals surface area contributed by atoms with Crippen LogP contribution in [0.15, 0.2) is 23.7 Å². The average Bonchev–Trinajstić information content (AvgIpc) is 2.62. The first kappa shape index (κ1) is 9.53. The molecule has 76 valence electrons. The number of nitrogens with two attached hydrogens (primary N) is 1. The van der Waals surface area contributed by atoms with E-state index in [4.69, 9.17) is 5.73 Å². The lowest BCUT2D eigenvalue weighted by atomic mass is 10.3. The topological polar surface area (TPSA) is 92.0 Å². The van der Waals surface area contributed by atoms with Gasteiger partial charge in [-0.1, -0.05) is 0 Å². The fraction of sp³-hybridized carbons (Fsp3) is 0. The minimum Gasteiger partial charge on any atom is -0.375 e. The molecule has 0 saturated heterocycles. The van der Waals surface area contributed by atoms with Crippen molar-refractivity contribution in [3.05, 3.63) is 24.2 Å². The first-order valence-corrected chi connectivity index (χ1v) is 4.55. The van der Waals surface area contributed by atoms with Gasteiger partial charge >= 0.3 is 0 Å². The second kappa shape index (κ2) is 4.01. The Bertz CT molecular complexity index is 517. The fourth-order valence-electron chi connectivity index (χ4n) is 1.13. The molecule has 0 aliphatic rings. The van der Waals surface area contributed by atoms with Gasteiger partial charge in [0.25, 0.3) is 0 Å². The highest BCUT2D eigenvalue weighted by Crippen LogP contribution is 2.09. The van der Waals surface area contributed by atoms with Crippen molar-refractivity contribution in [2.75, 3.05) is 0 Å². The summed E-state index contributed by atoms with van der Waals surface area (Å²) in [6.45, 7) is 0. The number of hydrogen-bond donors (Lipinski definition) is 3. The van der Waals surface area contributed by atoms with E-state index in [1.165, 1.54) is 0 Å². The molecule has 4 N–H and O–H groups in total. The van der Waals surface area contributed by atoms with E-state index in [-0.39, 0.29) is 5.11 Å². The third-order valence-corrected chi connectivity index (χ3v) is 1.81. The summed E-state index contributed by atoms with van der Waals surface area (Å²) in [5, 5.41) is 3.96. The van der Waals surface area contributed by atoms with Crippen LogP contribution in [0.1, 0.15) is 5.56 Å². The maximum Gasteiger partial charge on any atom is 0.184 e. The molecular weight excluding hydrogens is 212 g/mol. The molecule has 0 aliphatic heterocycles. The molecule has 0 fully saturated rings. The van der Waals surface area contributed by atoms with Gasteiger partial charge in [-0.2, -0.15) is 5.10 Å². The van der Waals surface area contributed by atoms with Crippen LogP contribution in [0.2, 0.25) is 0 Å². The molecule has 2 aromatic rings. The number of nitrogens with zero attached hydrogens (tertiary/aromatic N) is 3. The third kappa shape index (κ3) is 2.08. The van der Waals surface area contributed by atoms with Crippen molar-refractivity contribution >= 4 is 34.7 Å². The molecule has 0 amide bonds. The summed E-state index contributed by atoms with van der Waals surface area (Å²) in [5.41, 5.74) is 9.97. The van der Waals surface area contributed by atoms with Crippen molar-refractivity contribution in [1.82, 2.24) is 20.4 Å². The van der Waals surface area contributed by atoms with Crippen LogP contribution in [-0.2, 0) is 0 Å². The van der Waals surface area contributed by atoms with Crippen LogP contribution in [-0.4, -0.2) is 26.3 Å². The number of aromatic nitrogens is 3. The van der Waals surface area contributed by atoms with E-state index in [9.17, 15) is 0 Å². The van der Waals surface area contributed by atoms with Gasteiger partial charge < -0.3 is 10.7 Å². The van der Waals surface area contributed by atoms with Crippen LogP contribution in [0.25, 0.3) is 11.2 Å². The van der Waals surface area contributed by atoms with Crippen LogP contribution in [0.4, 0.5) is 0 Å². The maximum absolute atomic E-state index is 5.22. The molecule has 2 rings (SSSR count). The minimum atomic E-state index is 0.122. The lowest BCUT2D eigenvalue weighted by molar-refractivity contribution is 1.04. The van der Waals surface area contributed by atoms with Gasteiger partial charge in [-0.3, -0.25) is 10.4 Å². The Balaban J connectivity index is 2.28. The molecule has 7 heteroatoms. The number of thiocarbonyl (C=S) groups is 1. The largest absolute Gasteiger partial charge is 0.375 e. The Morgan fingerprint density at radius 3 is 3.13 bits per heavy atom. The second-order valence-corrected chi connectivity index (χ2v) is 3.17. The number of hydrazone groups is 1. The Morgan fingerprint density at radius 1 is 1.53 bits per heavy atom. The summed E-state index contributed by atoms with van der Waals surface area (Å²) in [7, 11) is 0. The minimum absolute atomic E-state index is 0.122. The quantitative estimate of drug-likeness (QED) is 0.380. The molecule has 0 radical (unpaired) electrons. The second-order valence-electron chi connectivity index (χ2n) is 2.73. The predicted molar refractivity (Wildman–Crippen MR) is 61.4 cm³/mol. The SMILES string of the molecule is NC(=S)N/N=C\c1c[nH]c2nccnc12. The first-order chi connectivity index (χ1) is 7.27. The van der Waals surface area contributed by atoms with Crippen LogP contribution in [0.5, 0.6) is 0 Å². The van der Waals surface area contributed by atoms with Crippen LogP contribution < -0.4 is 11.2 Å². The Hall–Kier alpha value is -2.02. The van der Waals surface area contributed by atoms with Crippen molar-refractivity contribution in [1.29, 1.82) is 0 Å². The van der Waals surface area contributed by atoms with Crippen molar-refractivity contribution < 1.29 is 0 Å². The van der Waals surface area contributed by atoms with Crippen LogP contribution in [0.3, 0.4) is 0 Å². The predicted octanol–water partition coefficient (Wildman–Crippen LogP) is 0.125. The zero-order valence-electron chi connectivity index (χ0n) is 7.64. The zero-order chi connectivity index (χ0) is 10.7. The van der Waals surface area contributed by atoms with Gasteiger partial charge in [0.15, 0.2) is 10.8 Å². The molecule has 0 spiro atoms. The number of nitrogens with one attached hydrogen (secondary N) is 2. The Morgan fingerprint density at radius 2 is 2.33 bits per heavy atom. The number of rotatable bonds is 2. The summed E-state index contributed by atoms with van der Waals surface area (Å²) in [4.78, 5) is 11.2. The first-order valence-electron chi connectivity index (χ1n) is 4.14. The molecule has 6 nitrogen and oxygen atoms in total. The molecule has 0 saturated carbocycles. The monoisotopic (exact) mass is 220 g/mol. The highest BCUT2D eigenvalue weighted by atomic mass is 32.1. The molecule has 2 aromatic heterocycles. The summed E-state index contributed by atoms with van der Waals surface area (Å²) < 4.78 is 0. The zero-order valence-corrected chi connectivity index (χ0v) is 8.45. The van der Waals surface area contributed by atoms with E-state index in [0.29, 0.717) is 5.65 Å². The van der Waals surface area contributed by atoms with Gasteiger partial charge in [-0.25, -0.2) is 4.98 Å². The van der Waals surface area contributed by atoms with E-state index in [0.717, 1.165) is 11.1 Å². The standard InChI is InChI=1S/C8H8N6S/c9-8(15)14-13-4-5-3-12-7-6(5)10-1-2-11-7/h1-4H,(H,11,12)(H3,9,14,15)/b13-4-. The number of aromatic amines is 1. The Labute approximate surface area is 90.6 Å². The normalized spacial score (nSPS) is 10.9. The van der Waals surface area contributed by atoms with Crippen molar-refractivity contribution in [2.45, 2.75) is 0 Å². The lowest BCUT2D eigenvalue weighted by Gasteiger charge is -1.92. The molecule has 2 heterocycles. The summed E-state index contributed by atoms with van der Waals surface area (Å²) in [6.07, 6.45) is 6.57. The smallest absolute Gasteiger partial charge is 0.184 e. The van der Waals surface area contributed by atoms with Crippen molar-refractivity contribution in [3.8, 4) is 0 Å². The van der Waals surface area contributed by atoms with Gasteiger partial charge in [-0.15, -0.1) is 0 Å². The van der Waals surface area contributed by atoms with Crippen LogP contribution >= 0.6 is 12.2 Å². The van der Waals surface area contributed by atoms with E-state index in [1.54, 1.807) is 24.8 Å². The van der Waals surface area contributed by atoms with Crippen molar-refractivity contribution in [3.63, 3.8) is 0 Å². The summed E-state index contributed by atoms with van der Waals surface area (Å²) in [5.74, 6) is 0. The lowest BCUT2D eigenvalue weighted by Crippen LogP contribution is -2.23. The molecule has 15 heavy (non-hydrogen) atoms. The Kier molecular flexibility index (Phi) is 2.55. The van der Waals surface area contributed by atoms with Gasteiger partial charge in [-0.05, 0) is 12.2 Å². The number of H-pyrrole nitrogens is 1. The summed E-state index contributed by atoms with van der Waals surface area (Å²) >= 11 is 4.60. The third-order valence-electron chi connectivity index (χ3n) is 1.71. The van der Waals surface area contributed by atoms with Gasteiger partial charge in [0.1, 0.15) is 5.52 Å². The highest BCUT2D eigenvalue weighted by molar-refractivity contribution is 7.80. The number of hydrogen-bond acceptors (Lipinski definition) is 4. The molecular formula is C8H8N6S. The van der Waals surface area contributed by atoms with Crippen LogP contribution in [0, 0.1) is 0 Å². The van der Waals surface area contributed by atoms with E-state index in [1.807, 2.05) is 0 Å². The molecule has 0 atom stereocenters. The molecule has 0 bridgehead atoms. The molecule has 0 aliphatic carbocycles.